The second-order valence-electron chi connectivity index (χ2n) is 10.6. The van der Waals surface area contributed by atoms with Crippen molar-refractivity contribution in [1.29, 1.82) is 0 Å². The summed E-state index contributed by atoms with van der Waals surface area (Å²) in [7, 11) is 0. The van der Waals surface area contributed by atoms with E-state index < -0.39 is 23.8 Å². The minimum absolute atomic E-state index is 0.0343. The van der Waals surface area contributed by atoms with Gasteiger partial charge in [-0.1, -0.05) is 12.1 Å². The number of carbonyl (C=O) groups is 1. The fraction of sp³-hybridized carbons (Fsp3) is 0.571. The van der Waals surface area contributed by atoms with Crippen molar-refractivity contribution in [1.82, 2.24) is 14.9 Å². The predicted octanol–water partition coefficient (Wildman–Crippen LogP) is 5.59. The Morgan fingerprint density at radius 1 is 1.05 bits per heavy atom. The van der Waals surface area contributed by atoms with Crippen molar-refractivity contribution < 1.29 is 22.8 Å². The minimum Gasteiger partial charge on any atom is -0.392 e. The van der Waals surface area contributed by atoms with Crippen LogP contribution in [0.15, 0.2) is 29.7 Å². The van der Waals surface area contributed by atoms with Crippen molar-refractivity contribution in [3.05, 3.63) is 47.3 Å². The average molecular weight is 545 g/mol. The average Bonchev–Trinajstić information content (AvgIpc) is 3.41. The molecule has 1 N–H and O–H groups in total. The summed E-state index contributed by atoms with van der Waals surface area (Å²) in [6.45, 7) is 3.91. The van der Waals surface area contributed by atoms with E-state index in [1.807, 2.05) is 12.4 Å². The molecule has 5 rings (SSSR count). The molecular formula is C28H35F3N6O2. The molecule has 1 aromatic carbocycles. The van der Waals surface area contributed by atoms with Gasteiger partial charge in [-0.2, -0.15) is 0 Å². The van der Waals surface area contributed by atoms with Gasteiger partial charge in [0.05, 0.1) is 17.9 Å². The number of halogens is 3. The van der Waals surface area contributed by atoms with Crippen molar-refractivity contribution in [2.75, 3.05) is 36.4 Å². The molecule has 1 aliphatic carbocycles. The molecule has 2 aromatic rings. The molecule has 8 nitrogen and oxygen atoms in total. The Morgan fingerprint density at radius 2 is 1.77 bits per heavy atom. The molecule has 0 bridgehead atoms. The topological polar surface area (TPSA) is 82.9 Å². The van der Waals surface area contributed by atoms with Crippen LogP contribution in [0.2, 0.25) is 0 Å². The quantitative estimate of drug-likeness (QED) is 0.480. The van der Waals surface area contributed by atoms with Gasteiger partial charge in [0, 0.05) is 50.9 Å². The zero-order valence-electron chi connectivity index (χ0n) is 22.2. The SMILES string of the molecule is CCc1cnc(N2CCC(ON=C3CCC(c4cc(F)c(NC(=O)N5CC[C@@H](F)C5)cc4F)CC3)CC2)nc1. The number of hydrogen-bond acceptors (Lipinski definition) is 6. The van der Waals surface area contributed by atoms with E-state index in [2.05, 4.69) is 32.3 Å². The summed E-state index contributed by atoms with van der Waals surface area (Å²) in [6, 6.07) is 1.57. The number of rotatable bonds is 6. The lowest BCUT2D eigenvalue weighted by atomic mass is 9.83. The van der Waals surface area contributed by atoms with E-state index in [-0.39, 0.29) is 37.2 Å². The highest BCUT2D eigenvalue weighted by atomic mass is 19.1. The zero-order valence-corrected chi connectivity index (χ0v) is 22.2. The predicted molar refractivity (Wildman–Crippen MR) is 143 cm³/mol. The molecule has 0 radical (unpaired) electrons. The first kappa shape index (κ1) is 27.2. The molecule has 39 heavy (non-hydrogen) atoms. The van der Waals surface area contributed by atoms with E-state index in [9.17, 15) is 18.0 Å². The summed E-state index contributed by atoms with van der Waals surface area (Å²) < 4.78 is 43.0. The van der Waals surface area contributed by atoms with Crippen molar-refractivity contribution in [2.24, 2.45) is 5.16 Å². The molecule has 3 heterocycles. The van der Waals surface area contributed by atoms with Gasteiger partial charge in [0.25, 0.3) is 0 Å². The lowest BCUT2D eigenvalue weighted by molar-refractivity contribution is 0.0406. The number of benzene rings is 1. The first-order chi connectivity index (χ1) is 18.9. The number of anilines is 2. The first-order valence-electron chi connectivity index (χ1n) is 13.9. The Morgan fingerprint density at radius 3 is 2.41 bits per heavy atom. The van der Waals surface area contributed by atoms with Crippen molar-refractivity contribution in [3.63, 3.8) is 0 Å². The maximum atomic E-state index is 14.9. The molecule has 0 unspecified atom stereocenters. The van der Waals surface area contributed by atoms with E-state index in [1.165, 1.54) is 11.0 Å². The Hall–Kier alpha value is -3.37. The monoisotopic (exact) mass is 544 g/mol. The summed E-state index contributed by atoms with van der Waals surface area (Å²) in [5, 5.41) is 6.78. The van der Waals surface area contributed by atoms with Crippen LogP contribution in [-0.4, -0.2) is 65.1 Å². The van der Waals surface area contributed by atoms with Crippen molar-refractivity contribution in [3.8, 4) is 0 Å². The first-order valence-corrected chi connectivity index (χ1v) is 13.9. The van der Waals surface area contributed by atoms with Crippen LogP contribution in [-0.2, 0) is 11.3 Å². The van der Waals surface area contributed by atoms with Gasteiger partial charge in [-0.25, -0.2) is 27.9 Å². The minimum atomic E-state index is -1.08. The van der Waals surface area contributed by atoms with Gasteiger partial charge in [-0.05, 0) is 61.6 Å². The van der Waals surface area contributed by atoms with Crippen LogP contribution in [0.1, 0.15) is 68.9 Å². The number of nitrogens with one attached hydrogen (secondary N) is 1. The number of nitrogens with zero attached hydrogens (tertiary/aromatic N) is 5. The summed E-state index contributed by atoms with van der Waals surface area (Å²) in [5.74, 6) is -0.651. The normalized spacial score (nSPS) is 22.2. The number of likely N-dealkylation sites (tertiary alicyclic amines) is 1. The molecule has 2 saturated heterocycles. The third-order valence-electron chi connectivity index (χ3n) is 7.90. The van der Waals surface area contributed by atoms with Crippen LogP contribution in [0.4, 0.5) is 29.6 Å². The van der Waals surface area contributed by atoms with Crippen molar-refractivity contribution >= 4 is 23.4 Å². The van der Waals surface area contributed by atoms with Crippen LogP contribution in [0, 0.1) is 11.6 Å². The van der Waals surface area contributed by atoms with E-state index in [1.54, 1.807) is 0 Å². The molecule has 2 aliphatic heterocycles. The van der Waals surface area contributed by atoms with E-state index in [0.717, 1.165) is 55.6 Å². The Balaban J connectivity index is 1.09. The number of piperidine rings is 1. The fourth-order valence-corrected chi connectivity index (χ4v) is 5.42. The van der Waals surface area contributed by atoms with Gasteiger partial charge in [0.15, 0.2) is 0 Å². The highest BCUT2D eigenvalue weighted by molar-refractivity contribution is 5.89. The van der Waals surface area contributed by atoms with Gasteiger partial charge >= 0.3 is 6.03 Å². The zero-order chi connectivity index (χ0) is 27.4. The van der Waals surface area contributed by atoms with E-state index >= 15 is 0 Å². The highest BCUT2D eigenvalue weighted by Gasteiger charge is 2.28. The number of carbonyl (C=O) groups excluding carboxylic acids is 1. The van der Waals surface area contributed by atoms with Crippen molar-refractivity contribution in [2.45, 2.75) is 76.5 Å². The highest BCUT2D eigenvalue weighted by Crippen LogP contribution is 2.35. The summed E-state index contributed by atoms with van der Waals surface area (Å²) in [5.41, 5.74) is 2.13. The molecule has 1 saturated carbocycles. The number of alkyl halides is 1. The van der Waals surface area contributed by atoms with Gasteiger partial charge < -0.3 is 20.0 Å². The van der Waals surface area contributed by atoms with Crippen LogP contribution in [0.5, 0.6) is 0 Å². The molecular weight excluding hydrogens is 509 g/mol. The lowest BCUT2D eigenvalue weighted by Crippen LogP contribution is -2.37. The van der Waals surface area contributed by atoms with E-state index in [4.69, 9.17) is 4.84 Å². The number of hydrogen-bond donors (Lipinski definition) is 1. The summed E-state index contributed by atoms with van der Waals surface area (Å²) >= 11 is 0. The second kappa shape index (κ2) is 12.2. The molecule has 1 atom stereocenters. The number of urea groups is 1. The van der Waals surface area contributed by atoms with Gasteiger partial charge in [-0.3, -0.25) is 0 Å². The number of oxime groups is 1. The molecule has 0 spiro atoms. The molecule has 3 aliphatic rings. The lowest BCUT2D eigenvalue weighted by Gasteiger charge is -2.31. The molecule has 3 fully saturated rings. The molecule has 210 valence electrons. The maximum absolute atomic E-state index is 14.9. The van der Waals surface area contributed by atoms with Crippen LogP contribution < -0.4 is 10.2 Å². The third-order valence-corrected chi connectivity index (χ3v) is 7.90. The van der Waals surface area contributed by atoms with E-state index in [0.29, 0.717) is 31.2 Å². The second-order valence-corrected chi connectivity index (χ2v) is 10.6. The largest absolute Gasteiger partial charge is 0.392 e. The molecule has 11 heteroatoms. The van der Waals surface area contributed by atoms with Gasteiger partial charge in [-0.15, -0.1) is 0 Å². The Bertz CT molecular complexity index is 1180. The summed E-state index contributed by atoms with van der Waals surface area (Å²) in [4.78, 5) is 30.4. The number of amides is 2. The molecule has 1 aromatic heterocycles. The van der Waals surface area contributed by atoms with Crippen LogP contribution in [0.3, 0.4) is 0 Å². The number of aryl methyl sites for hydroxylation is 1. The third kappa shape index (κ3) is 6.62. The summed E-state index contributed by atoms with van der Waals surface area (Å²) in [6.07, 6.45) is 8.11. The van der Waals surface area contributed by atoms with Crippen LogP contribution in [0.25, 0.3) is 0 Å². The van der Waals surface area contributed by atoms with Gasteiger partial charge in [0.2, 0.25) is 5.95 Å². The fourth-order valence-electron chi connectivity index (χ4n) is 5.42. The maximum Gasteiger partial charge on any atom is 0.322 e. The number of aromatic nitrogens is 2. The standard InChI is InChI=1S/C28H35F3N6O2/c1-2-18-15-32-27(33-16-18)36-11-8-22(9-12-36)39-35-21-5-3-19(4-6-21)23-13-25(31)26(14-24(23)30)34-28(38)37-10-7-20(29)17-37/h13-16,19-20,22H,2-12,17H2,1H3,(H,34,38)/t19?,20-/m1/s1. The molecule has 2 amide bonds. The smallest absolute Gasteiger partial charge is 0.322 e. The van der Waals surface area contributed by atoms with Crippen LogP contribution >= 0.6 is 0 Å². The Labute approximate surface area is 226 Å². The Kier molecular flexibility index (Phi) is 8.52. The van der Waals surface area contributed by atoms with Gasteiger partial charge in [0.1, 0.15) is 23.9 Å².